The quantitative estimate of drug-likeness (QED) is 0.793. The van der Waals surface area contributed by atoms with Crippen molar-refractivity contribution in [3.63, 3.8) is 0 Å². The molecule has 4 nitrogen and oxygen atoms in total. The van der Waals surface area contributed by atoms with Gasteiger partial charge in [0.25, 0.3) is 5.91 Å². The standard InChI is InChI=1S/C16H21NO3/c1-3-12-7-9-13(10-8-12)15(18)17-11-5-6-14(17)16(19)20-4-2/h7-10,14H,3-6,11H2,1-2H3. The van der Waals surface area contributed by atoms with Gasteiger partial charge in [0.1, 0.15) is 6.04 Å². The molecule has 0 N–H and O–H groups in total. The number of benzene rings is 1. The Morgan fingerprint density at radius 2 is 1.95 bits per heavy atom. The summed E-state index contributed by atoms with van der Waals surface area (Å²) in [5, 5.41) is 0. The molecule has 2 rings (SSSR count). The largest absolute Gasteiger partial charge is 0.464 e. The number of carbonyl (C=O) groups excluding carboxylic acids is 2. The van der Waals surface area contributed by atoms with Crippen LogP contribution >= 0.6 is 0 Å². The summed E-state index contributed by atoms with van der Waals surface area (Å²) in [7, 11) is 0. The van der Waals surface area contributed by atoms with Crippen molar-refractivity contribution in [3.05, 3.63) is 35.4 Å². The highest BCUT2D eigenvalue weighted by Crippen LogP contribution is 2.21. The molecule has 1 aromatic carbocycles. The lowest BCUT2D eigenvalue weighted by molar-refractivity contribution is -0.147. The molecule has 1 aliphatic heterocycles. The van der Waals surface area contributed by atoms with E-state index in [1.54, 1.807) is 11.8 Å². The lowest BCUT2D eigenvalue weighted by Crippen LogP contribution is -2.41. The second kappa shape index (κ2) is 6.55. The molecule has 0 bridgehead atoms. The van der Waals surface area contributed by atoms with Gasteiger partial charge in [-0.05, 0) is 43.9 Å². The maximum atomic E-state index is 12.5. The third-order valence-electron chi connectivity index (χ3n) is 3.68. The van der Waals surface area contributed by atoms with E-state index in [1.165, 1.54) is 5.56 Å². The van der Waals surface area contributed by atoms with E-state index >= 15 is 0 Å². The predicted molar refractivity (Wildman–Crippen MR) is 76.5 cm³/mol. The van der Waals surface area contributed by atoms with Crippen LogP contribution in [0.1, 0.15) is 42.6 Å². The molecule has 1 aliphatic rings. The van der Waals surface area contributed by atoms with E-state index in [-0.39, 0.29) is 11.9 Å². The van der Waals surface area contributed by atoms with Crippen LogP contribution in [0.15, 0.2) is 24.3 Å². The van der Waals surface area contributed by atoms with E-state index in [0.29, 0.717) is 25.1 Å². The molecule has 1 aromatic rings. The Balaban J connectivity index is 2.12. The van der Waals surface area contributed by atoms with E-state index in [9.17, 15) is 9.59 Å². The summed E-state index contributed by atoms with van der Waals surface area (Å²) in [4.78, 5) is 26.0. The van der Waals surface area contributed by atoms with Crippen LogP contribution in [0.4, 0.5) is 0 Å². The average molecular weight is 275 g/mol. The molecule has 1 heterocycles. The molecule has 0 aliphatic carbocycles. The van der Waals surface area contributed by atoms with Gasteiger partial charge in [0.2, 0.25) is 0 Å². The first-order valence-corrected chi connectivity index (χ1v) is 7.24. The molecule has 0 radical (unpaired) electrons. The number of esters is 1. The third kappa shape index (κ3) is 3.00. The highest BCUT2D eigenvalue weighted by atomic mass is 16.5. The van der Waals surface area contributed by atoms with Gasteiger partial charge in [0.15, 0.2) is 0 Å². The van der Waals surface area contributed by atoms with Gasteiger partial charge in [0, 0.05) is 12.1 Å². The predicted octanol–water partition coefficient (Wildman–Crippen LogP) is 2.42. The van der Waals surface area contributed by atoms with Gasteiger partial charge < -0.3 is 9.64 Å². The summed E-state index contributed by atoms with van der Waals surface area (Å²) in [5.74, 6) is -0.369. The van der Waals surface area contributed by atoms with E-state index in [1.807, 2.05) is 24.3 Å². The van der Waals surface area contributed by atoms with Crippen molar-refractivity contribution in [2.24, 2.45) is 0 Å². The van der Waals surface area contributed by atoms with Crippen LogP contribution in [0.5, 0.6) is 0 Å². The van der Waals surface area contributed by atoms with Crippen LogP contribution in [-0.2, 0) is 16.0 Å². The Hall–Kier alpha value is -1.84. The lowest BCUT2D eigenvalue weighted by atomic mass is 10.1. The molecular weight excluding hydrogens is 254 g/mol. The number of hydrogen-bond acceptors (Lipinski definition) is 3. The summed E-state index contributed by atoms with van der Waals surface area (Å²) in [6.45, 7) is 4.83. The Labute approximate surface area is 119 Å². The molecule has 1 fully saturated rings. The van der Waals surface area contributed by atoms with Gasteiger partial charge in [-0.1, -0.05) is 19.1 Å². The average Bonchev–Trinajstić information content (AvgIpc) is 2.96. The molecule has 1 atom stereocenters. The van der Waals surface area contributed by atoms with Crippen LogP contribution < -0.4 is 0 Å². The molecule has 1 amide bonds. The van der Waals surface area contributed by atoms with Gasteiger partial charge in [-0.15, -0.1) is 0 Å². The highest BCUT2D eigenvalue weighted by Gasteiger charge is 2.35. The molecule has 0 aromatic heterocycles. The molecule has 1 saturated heterocycles. The second-order valence-corrected chi connectivity index (χ2v) is 4.96. The van der Waals surface area contributed by atoms with Crippen molar-refractivity contribution < 1.29 is 14.3 Å². The minimum Gasteiger partial charge on any atom is -0.464 e. The lowest BCUT2D eigenvalue weighted by Gasteiger charge is -2.23. The number of likely N-dealkylation sites (tertiary alicyclic amines) is 1. The van der Waals surface area contributed by atoms with Gasteiger partial charge in [-0.2, -0.15) is 0 Å². The molecule has 20 heavy (non-hydrogen) atoms. The van der Waals surface area contributed by atoms with E-state index < -0.39 is 6.04 Å². The third-order valence-corrected chi connectivity index (χ3v) is 3.68. The van der Waals surface area contributed by atoms with E-state index in [2.05, 4.69) is 6.92 Å². The Morgan fingerprint density at radius 3 is 2.55 bits per heavy atom. The van der Waals surface area contributed by atoms with Crippen molar-refractivity contribution in [1.82, 2.24) is 4.90 Å². The number of rotatable bonds is 4. The number of carbonyl (C=O) groups is 2. The Bertz CT molecular complexity index is 481. The Kier molecular flexibility index (Phi) is 4.77. The zero-order valence-electron chi connectivity index (χ0n) is 12.1. The summed E-state index contributed by atoms with van der Waals surface area (Å²) < 4.78 is 5.05. The Morgan fingerprint density at radius 1 is 1.25 bits per heavy atom. The van der Waals surface area contributed by atoms with Gasteiger partial charge in [-0.3, -0.25) is 4.79 Å². The maximum Gasteiger partial charge on any atom is 0.328 e. The SMILES string of the molecule is CCOC(=O)C1CCCN1C(=O)c1ccc(CC)cc1. The maximum absolute atomic E-state index is 12.5. The van der Waals surface area contributed by atoms with Gasteiger partial charge >= 0.3 is 5.97 Å². The van der Waals surface area contributed by atoms with Crippen molar-refractivity contribution in [2.45, 2.75) is 39.2 Å². The molecule has 108 valence electrons. The fourth-order valence-electron chi connectivity index (χ4n) is 2.54. The smallest absolute Gasteiger partial charge is 0.328 e. The number of ether oxygens (including phenoxy) is 1. The van der Waals surface area contributed by atoms with Crippen LogP contribution in [0.25, 0.3) is 0 Å². The molecular formula is C16H21NO3. The van der Waals surface area contributed by atoms with Crippen molar-refractivity contribution >= 4 is 11.9 Å². The van der Waals surface area contributed by atoms with Crippen LogP contribution in [0, 0.1) is 0 Å². The van der Waals surface area contributed by atoms with Crippen molar-refractivity contribution in [1.29, 1.82) is 0 Å². The second-order valence-electron chi connectivity index (χ2n) is 4.96. The van der Waals surface area contributed by atoms with Crippen LogP contribution in [0.2, 0.25) is 0 Å². The normalized spacial score (nSPS) is 18.1. The van der Waals surface area contributed by atoms with Crippen molar-refractivity contribution in [2.75, 3.05) is 13.2 Å². The molecule has 0 saturated carbocycles. The van der Waals surface area contributed by atoms with Gasteiger partial charge in [0.05, 0.1) is 6.61 Å². The monoisotopic (exact) mass is 275 g/mol. The number of nitrogens with zero attached hydrogens (tertiary/aromatic N) is 1. The van der Waals surface area contributed by atoms with Crippen LogP contribution in [0.3, 0.4) is 0 Å². The first-order chi connectivity index (χ1) is 9.67. The zero-order valence-corrected chi connectivity index (χ0v) is 12.1. The topological polar surface area (TPSA) is 46.6 Å². The zero-order chi connectivity index (χ0) is 14.5. The molecule has 4 heteroatoms. The summed E-state index contributed by atoms with van der Waals surface area (Å²) >= 11 is 0. The molecule has 0 spiro atoms. The number of aryl methyl sites for hydroxylation is 1. The summed E-state index contributed by atoms with van der Waals surface area (Å²) in [6, 6.07) is 7.17. The van der Waals surface area contributed by atoms with Crippen molar-refractivity contribution in [3.8, 4) is 0 Å². The molecule has 1 unspecified atom stereocenters. The first-order valence-electron chi connectivity index (χ1n) is 7.24. The van der Waals surface area contributed by atoms with Gasteiger partial charge in [-0.25, -0.2) is 4.79 Å². The summed E-state index contributed by atoms with van der Waals surface area (Å²) in [6.07, 6.45) is 2.49. The first kappa shape index (κ1) is 14.6. The minimum absolute atomic E-state index is 0.0804. The summed E-state index contributed by atoms with van der Waals surface area (Å²) in [5.41, 5.74) is 1.84. The van der Waals surface area contributed by atoms with Crippen LogP contribution in [-0.4, -0.2) is 36.0 Å². The minimum atomic E-state index is -0.423. The number of hydrogen-bond donors (Lipinski definition) is 0. The fourth-order valence-corrected chi connectivity index (χ4v) is 2.54. The fraction of sp³-hybridized carbons (Fsp3) is 0.500. The number of amides is 1. The highest BCUT2D eigenvalue weighted by molar-refractivity contribution is 5.97. The van der Waals surface area contributed by atoms with E-state index in [0.717, 1.165) is 12.8 Å². The van der Waals surface area contributed by atoms with E-state index in [4.69, 9.17) is 4.74 Å².